The second-order valence-electron chi connectivity index (χ2n) is 6.31. The number of nitrogens with zero attached hydrogens (tertiary/aromatic N) is 2. The Bertz CT molecular complexity index is 651. The van der Waals surface area contributed by atoms with Gasteiger partial charge >= 0.3 is 0 Å². The van der Waals surface area contributed by atoms with E-state index < -0.39 is 0 Å². The number of benzene rings is 1. The largest absolute Gasteiger partial charge is 0.376 e. The Kier molecular flexibility index (Phi) is 4.57. The minimum absolute atomic E-state index is 0.330. The van der Waals surface area contributed by atoms with E-state index >= 15 is 0 Å². The Hall–Kier alpha value is -1.46. The molecule has 2 aliphatic heterocycles. The maximum Gasteiger partial charge on any atom is 0.0771 e. The minimum atomic E-state index is 0.330. The van der Waals surface area contributed by atoms with Crippen molar-refractivity contribution < 1.29 is 4.74 Å². The van der Waals surface area contributed by atoms with E-state index in [0.717, 1.165) is 37.4 Å². The van der Waals surface area contributed by atoms with Gasteiger partial charge in [-0.3, -0.25) is 4.68 Å². The predicted octanol–water partition coefficient (Wildman–Crippen LogP) is 3.50. The Morgan fingerprint density at radius 3 is 3.22 bits per heavy atom. The summed E-state index contributed by atoms with van der Waals surface area (Å²) in [6.07, 6.45) is 7.86. The fraction of sp³-hybridized carbons (Fsp3) is 0.500. The molecule has 1 N–H and O–H groups in total. The summed E-state index contributed by atoms with van der Waals surface area (Å²) in [6, 6.07) is 9.17. The van der Waals surface area contributed by atoms with Gasteiger partial charge in [-0.1, -0.05) is 24.3 Å². The molecule has 2 atom stereocenters. The Labute approximate surface area is 141 Å². The lowest BCUT2D eigenvalue weighted by Gasteiger charge is -2.19. The molecule has 0 saturated carbocycles. The van der Waals surface area contributed by atoms with E-state index in [9.17, 15) is 0 Å². The quantitative estimate of drug-likeness (QED) is 0.932. The number of thioether (sulfide) groups is 1. The number of hydrogen-bond acceptors (Lipinski definition) is 4. The van der Waals surface area contributed by atoms with Gasteiger partial charge in [0.2, 0.25) is 0 Å². The summed E-state index contributed by atoms with van der Waals surface area (Å²) in [6.45, 7) is 1.75. The second kappa shape index (κ2) is 6.97. The monoisotopic (exact) mass is 329 g/mol. The number of anilines is 1. The third kappa shape index (κ3) is 3.56. The highest BCUT2D eigenvalue weighted by atomic mass is 32.2. The molecule has 0 radical (unpaired) electrons. The molecule has 1 fully saturated rings. The van der Waals surface area contributed by atoms with Crippen molar-refractivity contribution in [2.24, 2.45) is 0 Å². The number of nitrogens with one attached hydrogen (secondary N) is 1. The first-order valence-electron chi connectivity index (χ1n) is 8.44. The number of rotatable bonds is 4. The summed E-state index contributed by atoms with van der Waals surface area (Å²) >= 11 is 2.02. The zero-order valence-electron chi connectivity index (χ0n) is 13.3. The van der Waals surface area contributed by atoms with Gasteiger partial charge < -0.3 is 10.1 Å². The number of hydrogen-bond donors (Lipinski definition) is 1. The van der Waals surface area contributed by atoms with Crippen molar-refractivity contribution >= 4 is 17.4 Å². The van der Waals surface area contributed by atoms with Crippen LogP contribution in [-0.4, -0.2) is 34.0 Å². The summed E-state index contributed by atoms with van der Waals surface area (Å²) < 4.78 is 7.70. The SMILES string of the molecule is c1ccc2c(c1)CCSC[C@@H]2Nc1cnn(C[C@@H]2CCCO2)c1. The highest BCUT2D eigenvalue weighted by molar-refractivity contribution is 7.99. The molecule has 0 aliphatic carbocycles. The van der Waals surface area contributed by atoms with Gasteiger partial charge in [0.15, 0.2) is 0 Å². The van der Waals surface area contributed by atoms with E-state index in [0.29, 0.717) is 12.1 Å². The molecular weight excluding hydrogens is 306 g/mol. The molecule has 0 spiro atoms. The van der Waals surface area contributed by atoms with Gasteiger partial charge in [-0.25, -0.2) is 0 Å². The first-order valence-corrected chi connectivity index (χ1v) is 9.60. The van der Waals surface area contributed by atoms with Crippen LogP contribution in [-0.2, 0) is 17.7 Å². The van der Waals surface area contributed by atoms with E-state index in [4.69, 9.17) is 4.74 Å². The van der Waals surface area contributed by atoms with Gasteiger partial charge in [-0.05, 0) is 36.1 Å². The number of fused-ring (bicyclic) bond motifs is 1. The van der Waals surface area contributed by atoms with Gasteiger partial charge in [-0.15, -0.1) is 0 Å². The normalized spacial score (nSPS) is 24.2. The number of aryl methyl sites for hydroxylation is 1. The van der Waals surface area contributed by atoms with Gasteiger partial charge in [0.1, 0.15) is 0 Å². The molecule has 122 valence electrons. The highest BCUT2D eigenvalue weighted by Gasteiger charge is 2.20. The molecular formula is C18H23N3OS. The smallest absolute Gasteiger partial charge is 0.0771 e. The average Bonchev–Trinajstić information content (AvgIpc) is 3.19. The van der Waals surface area contributed by atoms with Crippen LogP contribution in [0.5, 0.6) is 0 Å². The molecule has 2 aliphatic rings. The van der Waals surface area contributed by atoms with Crippen LogP contribution in [0.3, 0.4) is 0 Å². The van der Waals surface area contributed by atoms with Crippen LogP contribution in [0.15, 0.2) is 36.7 Å². The molecule has 0 amide bonds. The molecule has 1 saturated heterocycles. The van der Waals surface area contributed by atoms with Crippen molar-refractivity contribution in [2.75, 3.05) is 23.4 Å². The van der Waals surface area contributed by atoms with Crippen LogP contribution < -0.4 is 5.32 Å². The van der Waals surface area contributed by atoms with E-state index in [1.54, 1.807) is 0 Å². The van der Waals surface area contributed by atoms with Crippen molar-refractivity contribution in [3.05, 3.63) is 47.8 Å². The lowest BCUT2D eigenvalue weighted by Crippen LogP contribution is -2.15. The Morgan fingerprint density at radius 1 is 1.35 bits per heavy atom. The molecule has 0 bridgehead atoms. The zero-order chi connectivity index (χ0) is 15.5. The van der Waals surface area contributed by atoms with Gasteiger partial charge in [0.25, 0.3) is 0 Å². The summed E-state index contributed by atoms with van der Waals surface area (Å²) in [5.41, 5.74) is 4.01. The standard InChI is InChI=1S/C18H23N3OS/c1-2-6-17-14(4-1)7-9-23-13-18(17)20-15-10-19-21(11-15)12-16-5-3-8-22-16/h1-2,4,6,10-11,16,18,20H,3,5,7-9,12-13H2/t16-,18-/m0/s1. The van der Waals surface area contributed by atoms with E-state index in [-0.39, 0.29) is 0 Å². The molecule has 4 rings (SSSR count). The van der Waals surface area contributed by atoms with Crippen LogP contribution >= 0.6 is 11.8 Å². The van der Waals surface area contributed by atoms with Crippen LogP contribution in [0.2, 0.25) is 0 Å². The van der Waals surface area contributed by atoms with Gasteiger partial charge in [-0.2, -0.15) is 16.9 Å². The Balaban J connectivity index is 1.46. The second-order valence-corrected chi connectivity index (χ2v) is 7.46. The van der Waals surface area contributed by atoms with Crippen LogP contribution in [0.4, 0.5) is 5.69 Å². The summed E-state index contributed by atoms with van der Waals surface area (Å²) in [5, 5.41) is 8.17. The maximum atomic E-state index is 5.69. The van der Waals surface area contributed by atoms with Crippen molar-refractivity contribution in [1.29, 1.82) is 0 Å². The number of aromatic nitrogens is 2. The molecule has 3 heterocycles. The summed E-state index contributed by atoms with van der Waals surface area (Å²) in [7, 11) is 0. The zero-order valence-corrected chi connectivity index (χ0v) is 14.1. The first-order chi connectivity index (χ1) is 11.4. The third-order valence-corrected chi connectivity index (χ3v) is 5.68. The first kappa shape index (κ1) is 15.1. The highest BCUT2D eigenvalue weighted by Crippen LogP contribution is 2.30. The van der Waals surface area contributed by atoms with Crippen molar-refractivity contribution in [2.45, 2.75) is 38.0 Å². The lowest BCUT2D eigenvalue weighted by atomic mass is 9.99. The van der Waals surface area contributed by atoms with Crippen molar-refractivity contribution in [1.82, 2.24) is 9.78 Å². The average molecular weight is 329 g/mol. The fourth-order valence-electron chi connectivity index (χ4n) is 3.43. The minimum Gasteiger partial charge on any atom is -0.376 e. The molecule has 1 aromatic heterocycles. The molecule has 1 aromatic carbocycles. The van der Waals surface area contributed by atoms with E-state index in [2.05, 4.69) is 40.9 Å². The maximum absolute atomic E-state index is 5.69. The molecule has 4 nitrogen and oxygen atoms in total. The summed E-state index contributed by atoms with van der Waals surface area (Å²) in [4.78, 5) is 0. The van der Waals surface area contributed by atoms with E-state index in [1.807, 2.05) is 22.6 Å². The summed E-state index contributed by atoms with van der Waals surface area (Å²) in [5.74, 6) is 2.31. The van der Waals surface area contributed by atoms with Gasteiger partial charge in [0, 0.05) is 18.6 Å². The van der Waals surface area contributed by atoms with Crippen LogP contribution in [0.25, 0.3) is 0 Å². The fourth-order valence-corrected chi connectivity index (χ4v) is 4.46. The van der Waals surface area contributed by atoms with Crippen molar-refractivity contribution in [3.63, 3.8) is 0 Å². The molecule has 2 aromatic rings. The third-order valence-electron chi connectivity index (χ3n) is 4.62. The van der Waals surface area contributed by atoms with E-state index in [1.165, 1.54) is 23.3 Å². The van der Waals surface area contributed by atoms with Crippen LogP contribution in [0, 0.1) is 0 Å². The predicted molar refractivity (Wildman–Crippen MR) is 95.0 cm³/mol. The number of ether oxygens (including phenoxy) is 1. The van der Waals surface area contributed by atoms with Gasteiger partial charge in [0.05, 0.1) is 30.6 Å². The Morgan fingerprint density at radius 2 is 2.30 bits per heavy atom. The van der Waals surface area contributed by atoms with Crippen LogP contribution in [0.1, 0.15) is 30.0 Å². The molecule has 5 heteroatoms. The molecule has 0 unspecified atom stereocenters. The topological polar surface area (TPSA) is 39.1 Å². The van der Waals surface area contributed by atoms with Crippen molar-refractivity contribution in [3.8, 4) is 0 Å². The lowest BCUT2D eigenvalue weighted by molar-refractivity contribution is 0.0940. The molecule has 23 heavy (non-hydrogen) atoms.